The predicted octanol–water partition coefficient (Wildman–Crippen LogP) is 2.78. The van der Waals surface area contributed by atoms with Crippen LogP contribution in [-0.2, 0) is 14.8 Å². The molecule has 2 fully saturated rings. The third-order valence-electron chi connectivity index (χ3n) is 5.64. The zero-order valence-electron chi connectivity index (χ0n) is 14.9. The van der Waals surface area contributed by atoms with E-state index in [1.165, 1.54) is 23.6 Å². The van der Waals surface area contributed by atoms with E-state index < -0.39 is 10.0 Å². The van der Waals surface area contributed by atoms with E-state index in [2.05, 4.69) is 12.2 Å². The fraction of sp³-hybridized carbons (Fsp3) is 0.632. The molecule has 1 amide bonds. The molecule has 5 nitrogen and oxygen atoms in total. The van der Waals surface area contributed by atoms with Crippen LogP contribution in [0.15, 0.2) is 35.2 Å². The lowest BCUT2D eigenvalue weighted by atomic mass is 9.85. The Balaban J connectivity index is 1.55. The molecule has 1 aromatic carbocycles. The summed E-state index contributed by atoms with van der Waals surface area (Å²) >= 11 is 0. The van der Waals surface area contributed by atoms with Crippen molar-refractivity contribution in [2.24, 2.45) is 11.8 Å². The Hall–Kier alpha value is -1.40. The van der Waals surface area contributed by atoms with E-state index in [0.29, 0.717) is 36.7 Å². The zero-order chi connectivity index (χ0) is 17.9. The minimum atomic E-state index is -3.45. The number of nitrogens with zero attached hydrogens (tertiary/aromatic N) is 1. The Bertz CT molecular complexity index is 682. The van der Waals surface area contributed by atoms with E-state index in [1.807, 2.05) is 6.07 Å². The van der Waals surface area contributed by atoms with Gasteiger partial charge in [0.15, 0.2) is 0 Å². The molecule has 2 atom stereocenters. The summed E-state index contributed by atoms with van der Waals surface area (Å²) < 4.78 is 26.8. The van der Waals surface area contributed by atoms with Gasteiger partial charge in [0.05, 0.1) is 4.90 Å². The maximum atomic E-state index is 12.6. The minimum Gasteiger partial charge on any atom is -0.353 e. The van der Waals surface area contributed by atoms with Crippen molar-refractivity contribution in [3.05, 3.63) is 30.3 Å². The van der Waals surface area contributed by atoms with E-state index in [-0.39, 0.29) is 17.9 Å². The molecule has 1 N–H and O–H groups in total. The lowest BCUT2D eigenvalue weighted by molar-refractivity contribution is -0.127. The Morgan fingerprint density at radius 1 is 1.04 bits per heavy atom. The lowest BCUT2D eigenvalue weighted by Crippen LogP contribution is -2.47. The molecule has 25 heavy (non-hydrogen) atoms. The van der Waals surface area contributed by atoms with Gasteiger partial charge in [-0.05, 0) is 43.7 Å². The van der Waals surface area contributed by atoms with Gasteiger partial charge >= 0.3 is 0 Å². The second kappa shape index (κ2) is 7.87. The first-order chi connectivity index (χ1) is 12.0. The maximum absolute atomic E-state index is 12.6. The molecule has 1 aliphatic carbocycles. The largest absolute Gasteiger partial charge is 0.353 e. The normalized spacial score (nSPS) is 26.3. The minimum absolute atomic E-state index is 0.0728. The van der Waals surface area contributed by atoms with Gasteiger partial charge in [-0.25, -0.2) is 8.42 Å². The number of hydrogen-bond donors (Lipinski definition) is 1. The number of nitrogens with one attached hydrogen (secondary N) is 1. The molecular formula is C19H28N2O3S. The van der Waals surface area contributed by atoms with Crippen molar-refractivity contribution in [3.8, 4) is 0 Å². The molecular weight excluding hydrogens is 336 g/mol. The quantitative estimate of drug-likeness (QED) is 0.893. The summed E-state index contributed by atoms with van der Waals surface area (Å²) in [5.41, 5.74) is 0. The van der Waals surface area contributed by atoms with E-state index >= 15 is 0 Å². The molecule has 1 saturated carbocycles. The van der Waals surface area contributed by atoms with Gasteiger partial charge in [0.2, 0.25) is 15.9 Å². The number of carbonyl (C=O) groups excluding carboxylic acids is 1. The number of carbonyl (C=O) groups is 1. The lowest BCUT2D eigenvalue weighted by Gasteiger charge is -2.34. The molecule has 0 radical (unpaired) electrons. The second-order valence-corrected chi connectivity index (χ2v) is 9.31. The Labute approximate surface area is 150 Å². The van der Waals surface area contributed by atoms with Gasteiger partial charge in [0, 0.05) is 25.0 Å². The average molecular weight is 365 g/mol. The Morgan fingerprint density at radius 3 is 2.32 bits per heavy atom. The first kappa shape index (κ1) is 18.4. The Kier molecular flexibility index (Phi) is 5.79. The molecule has 0 bridgehead atoms. The standard InChI is InChI=1S/C19H28N2O3S/c1-15-7-5-6-10-18(15)20-19(22)16-11-13-21(14-12-16)25(23,24)17-8-3-2-4-9-17/h2-4,8-9,15-16,18H,5-7,10-14H2,1H3,(H,20,22). The fourth-order valence-electron chi connectivity index (χ4n) is 3.93. The van der Waals surface area contributed by atoms with E-state index in [1.54, 1.807) is 24.3 Å². The fourth-order valence-corrected chi connectivity index (χ4v) is 5.42. The van der Waals surface area contributed by atoms with Gasteiger partial charge in [-0.1, -0.05) is 38.0 Å². The van der Waals surface area contributed by atoms with Crippen LogP contribution in [0.2, 0.25) is 0 Å². The third kappa shape index (κ3) is 4.23. The van der Waals surface area contributed by atoms with E-state index in [4.69, 9.17) is 0 Å². The van der Waals surface area contributed by atoms with Gasteiger partial charge in [-0.2, -0.15) is 4.31 Å². The van der Waals surface area contributed by atoms with Crippen molar-refractivity contribution < 1.29 is 13.2 Å². The summed E-state index contributed by atoms with van der Waals surface area (Å²) in [4.78, 5) is 12.9. The van der Waals surface area contributed by atoms with Gasteiger partial charge in [-0.15, -0.1) is 0 Å². The molecule has 2 aliphatic rings. The number of benzene rings is 1. The van der Waals surface area contributed by atoms with E-state index in [0.717, 1.165) is 6.42 Å². The van der Waals surface area contributed by atoms with Crippen LogP contribution in [0.3, 0.4) is 0 Å². The zero-order valence-corrected chi connectivity index (χ0v) is 15.7. The molecule has 3 rings (SSSR count). The SMILES string of the molecule is CC1CCCCC1NC(=O)C1CCN(S(=O)(=O)c2ccccc2)CC1. The third-order valence-corrected chi connectivity index (χ3v) is 7.56. The van der Waals surface area contributed by atoms with Gasteiger partial charge < -0.3 is 5.32 Å². The molecule has 2 unspecified atom stereocenters. The molecule has 1 heterocycles. The van der Waals surface area contributed by atoms with Crippen LogP contribution in [0, 0.1) is 11.8 Å². The smallest absolute Gasteiger partial charge is 0.243 e. The van der Waals surface area contributed by atoms with Crippen molar-refractivity contribution in [3.63, 3.8) is 0 Å². The first-order valence-electron chi connectivity index (χ1n) is 9.34. The summed E-state index contributed by atoms with van der Waals surface area (Å²) in [6.45, 7) is 3.03. The summed E-state index contributed by atoms with van der Waals surface area (Å²) in [6, 6.07) is 8.81. The number of sulfonamides is 1. The van der Waals surface area contributed by atoms with Crippen molar-refractivity contribution in [1.82, 2.24) is 9.62 Å². The topological polar surface area (TPSA) is 66.5 Å². The molecule has 138 valence electrons. The monoisotopic (exact) mass is 364 g/mol. The van der Waals surface area contributed by atoms with Crippen LogP contribution in [0.1, 0.15) is 45.4 Å². The molecule has 1 aromatic rings. The van der Waals surface area contributed by atoms with Crippen molar-refractivity contribution >= 4 is 15.9 Å². The van der Waals surface area contributed by atoms with Gasteiger partial charge in [0.25, 0.3) is 0 Å². The van der Waals surface area contributed by atoms with Gasteiger partial charge in [-0.3, -0.25) is 4.79 Å². The summed E-state index contributed by atoms with van der Waals surface area (Å²) in [5.74, 6) is 0.572. The number of rotatable bonds is 4. The summed E-state index contributed by atoms with van der Waals surface area (Å²) in [6.07, 6.45) is 5.87. The van der Waals surface area contributed by atoms with Crippen LogP contribution in [-0.4, -0.2) is 37.8 Å². The highest BCUT2D eigenvalue weighted by Gasteiger charge is 2.33. The summed E-state index contributed by atoms with van der Waals surface area (Å²) in [5, 5.41) is 3.22. The predicted molar refractivity (Wildman–Crippen MR) is 97.5 cm³/mol. The molecule has 0 spiro atoms. The molecule has 0 aromatic heterocycles. The van der Waals surface area contributed by atoms with Crippen molar-refractivity contribution in [2.75, 3.05) is 13.1 Å². The number of hydrogen-bond acceptors (Lipinski definition) is 3. The van der Waals surface area contributed by atoms with E-state index in [9.17, 15) is 13.2 Å². The highest BCUT2D eigenvalue weighted by atomic mass is 32.2. The number of piperidine rings is 1. The van der Waals surface area contributed by atoms with Crippen LogP contribution < -0.4 is 5.32 Å². The molecule has 1 aliphatic heterocycles. The first-order valence-corrected chi connectivity index (χ1v) is 10.8. The van der Waals surface area contributed by atoms with Crippen molar-refractivity contribution in [2.45, 2.75) is 56.4 Å². The van der Waals surface area contributed by atoms with Crippen LogP contribution in [0.25, 0.3) is 0 Å². The second-order valence-electron chi connectivity index (χ2n) is 7.37. The van der Waals surface area contributed by atoms with Crippen LogP contribution >= 0.6 is 0 Å². The van der Waals surface area contributed by atoms with Gasteiger partial charge in [0.1, 0.15) is 0 Å². The van der Waals surface area contributed by atoms with Crippen LogP contribution in [0.5, 0.6) is 0 Å². The summed E-state index contributed by atoms with van der Waals surface area (Å²) in [7, 11) is -3.45. The van der Waals surface area contributed by atoms with Crippen molar-refractivity contribution in [1.29, 1.82) is 0 Å². The highest BCUT2D eigenvalue weighted by Crippen LogP contribution is 2.27. The number of amides is 1. The molecule has 1 saturated heterocycles. The maximum Gasteiger partial charge on any atom is 0.243 e. The highest BCUT2D eigenvalue weighted by molar-refractivity contribution is 7.89. The van der Waals surface area contributed by atoms with Crippen LogP contribution in [0.4, 0.5) is 0 Å². The average Bonchev–Trinajstić information content (AvgIpc) is 2.64. The Morgan fingerprint density at radius 2 is 1.68 bits per heavy atom. The molecule has 6 heteroatoms.